The fourth-order valence-electron chi connectivity index (χ4n) is 1.51. The van der Waals surface area contributed by atoms with Crippen LogP contribution in [0.3, 0.4) is 0 Å². The minimum absolute atomic E-state index is 0.0271. The Kier molecular flexibility index (Phi) is 1.77. The van der Waals surface area contributed by atoms with Gasteiger partial charge < -0.3 is 5.73 Å². The van der Waals surface area contributed by atoms with Crippen LogP contribution in [-0.2, 0) is 10.8 Å². The molecule has 1 aliphatic heterocycles. The third kappa shape index (κ3) is 1.09. The first-order valence-corrected chi connectivity index (χ1v) is 5.25. The molecule has 2 atom stereocenters. The van der Waals surface area contributed by atoms with E-state index in [0.717, 1.165) is 10.5 Å². The molecule has 1 heterocycles. The molecule has 12 heavy (non-hydrogen) atoms. The van der Waals surface area contributed by atoms with Gasteiger partial charge in [0.1, 0.15) is 0 Å². The number of fused-ring (bicyclic) bond motifs is 1. The number of rotatable bonds is 0. The highest BCUT2D eigenvalue weighted by molar-refractivity contribution is 7.85. The van der Waals surface area contributed by atoms with Crippen LogP contribution >= 0.6 is 0 Å². The normalized spacial score (nSPS) is 27.2. The number of aryl methyl sites for hydroxylation is 1. The van der Waals surface area contributed by atoms with Gasteiger partial charge in [0.25, 0.3) is 0 Å². The minimum Gasteiger partial charge on any atom is -0.323 e. The Morgan fingerprint density at radius 1 is 1.58 bits per heavy atom. The molecular formula is C9H11NOS. The molecule has 0 aliphatic carbocycles. The average molecular weight is 181 g/mol. The van der Waals surface area contributed by atoms with Crippen molar-refractivity contribution in [3.63, 3.8) is 0 Å². The number of benzene rings is 1. The molecule has 2 N–H and O–H groups in total. The summed E-state index contributed by atoms with van der Waals surface area (Å²) in [5.74, 6) is 0.582. The van der Waals surface area contributed by atoms with Crippen molar-refractivity contribution in [3.05, 3.63) is 29.3 Å². The summed E-state index contributed by atoms with van der Waals surface area (Å²) in [7, 11) is -0.861. The van der Waals surface area contributed by atoms with Gasteiger partial charge in [-0.2, -0.15) is 0 Å². The van der Waals surface area contributed by atoms with Gasteiger partial charge in [-0.25, -0.2) is 0 Å². The molecule has 2 unspecified atom stereocenters. The molecule has 0 fully saturated rings. The molecule has 0 saturated carbocycles. The lowest BCUT2D eigenvalue weighted by atomic mass is 10.1. The zero-order valence-corrected chi connectivity index (χ0v) is 7.73. The van der Waals surface area contributed by atoms with Crippen LogP contribution in [0.4, 0.5) is 0 Å². The predicted octanol–water partition coefficient (Wildman–Crippen LogP) is 1.12. The van der Waals surface area contributed by atoms with Crippen LogP contribution < -0.4 is 5.73 Å². The Labute approximate surface area is 74.2 Å². The van der Waals surface area contributed by atoms with E-state index < -0.39 is 10.8 Å². The molecule has 1 aromatic carbocycles. The van der Waals surface area contributed by atoms with Gasteiger partial charge in [-0.1, -0.05) is 17.7 Å². The molecule has 0 spiro atoms. The molecule has 0 aromatic heterocycles. The van der Waals surface area contributed by atoms with E-state index in [0.29, 0.717) is 5.75 Å². The van der Waals surface area contributed by atoms with Crippen LogP contribution in [0.2, 0.25) is 0 Å². The van der Waals surface area contributed by atoms with E-state index in [9.17, 15) is 4.21 Å². The number of hydrogen-bond acceptors (Lipinski definition) is 2. The molecule has 0 bridgehead atoms. The second kappa shape index (κ2) is 2.68. The van der Waals surface area contributed by atoms with Crippen molar-refractivity contribution in [2.75, 3.05) is 5.75 Å². The molecule has 0 radical (unpaired) electrons. The van der Waals surface area contributed by atoms with Crippen molar-refractivity contribution >= 4 is 10.8 Å². The van der Waals surface area contributed by atoms with Gasteiger partial charge in [-0.05, 0) is 18.6 Å². The van der Waals surface area contributed by atoms with Gasteiger partial charge in [0.05, 0.1) is 10.8 Å². The Morgan fingerprint density at radius 3 is 3.08 bits per heavy atom. The van der Waals surface area contributed by atoms with Gasteiger partial charge in [0, 0.05) is 16.7 Å². The molecule has 2 nitrogen and oxygen atoms in total. The minimum atomic E-state index is -0.861. The van der Waals surface area contributed by atoms with Crippen LogP contribution in [0.1, 0.15) is 17.2 Å². The summed E-state index contributed by atoms with van der Waals surface area (Å²) < 4.78 is 11.4. The Bertz CT molecular complexity index is 348. The molecular weight excluding hydrogens is 170 g/mol. The maximum atomic E-state index is 11.4. The monoisotopic (exact) mass is 181 g/mol. The summed E-state index contributed by atoms with van der Waals surface area (Å²) in [6.45, 7) is 2.02. The van der Waals surface area contributed by atoms with E-state index in [1.54, 1.807) is 0 Å². The predicted molar refractivity (Wildman–Crippen MR) is 49.4 cm³/mol. The fraction of sp³-hybridized carbons (Fsp3) is 0.333. The second-order valence-corrected chi connectivity index (χ2v) is 4.62. The molecule has 64 valence electrons. The number of nitrogens with two attached hydrogens (primary N) is 1. The maximum Gasteiger partial charge on any atom is 0.0552 e. The van der Waals surface area contributed by atoms with Gasteiger partial charge in [-0.15, -0.1) is 0 Å². The summed E-state index contributed by atoms with van der Waals surface area (Å²) in [5.41, 5.74) is 8.06. The molecule has 0 amide bonds. The van der Waals surface area contributed by atoms with E-state index >= 15 is 0 Å². The molecule has 1 aromatic rings. The van der Waals surface area contributed by atoms with E-state index in [1.807, 2.05) is 25.1 Å². The highest BCUT2D eigenvalue weighted by atomic mass is 32.2. The van der Waals surface area contributed by atoms with Crippen molar-refractivity contribution in [1.29, 1.82) is 0 Å². The summed E-state index contributed by atoms with van der Waals surface area (Å²) in [4.78, 5) is 0.924. The Balaban J connectivity index is 2.60. The van der Waals surface area contributed by atoms with Crippen molar-refractivity contribution in [3.8, 4) is 0 Å². The molecule has 0 saturated heterocycles. The van der Waals surface area contributed by atoms with Crippen LogP contribution in [0.15, 0.2) is 23.1 Å². The van der Waals surface area contributed by atoms with Crippen LogP contribution in [0, 0.1) is 6.92 Å². The van der Waals surface area contributed by atoms with Crippen molar-refractivity contribution in [2.24, 2.45) is 5.73 Å². The zero-order chi connectivity index (χ0) is 8.72. The molecule has 1 aliphatic rings. The van der Waals surface area contributed by atoms with Gasteiger partial charge in [0.15, 0.2) is 0 Å². The van der Waals surface area contributed by atoms with Crippen molar-refractivity contribution < 1.29 is 4.21 Å². The standard InChI is InChI=1S/C9H11NOS/c1-6-2-3-9-7(4-6)8(10)5-12(9)11/h2-4,8H,5,10H2,1H3. The molecule has 2 rings (SSSR count). The van der Waals surface area contributed by atoms with E-state index in [-0.39, 0.29) is 6.04 Å². The third-order valence-corrected chi connectivity index (χ3v) is 3.67. The Hall–Kier alpha value is -0.670. The van der Waals surface area contributed by atoms with Gasteiger partial charge >= 0.3 is 0 Å². The van der Waals surface area contributed by atoms with Crippen molar-refractivity contribution in [1.82, 2.24) is 0 Å². The summed E-state index contributed by atoms with van der Waals surface area (Å²) in [6.07, 6.45) is 0. The largest absolute Gasteiger partial charge is 0.323 e. The Morgan fingerprint density at radius 2 is 2.33 bits per heavy atom. The zero-order valence-electron chi connectivity index (χ0n) is 6.91. The summed E-state index contributed by atoms with van der Waals surface area (Å²) >= 11 is 0. The first kappa shape index (κ1) is 7.95. The van der Waals surface area contributed by atoms with Crippen LogP contribution in [0.5, 0.6) is 0 Å². The quantitative estimate of drug-likeness (QED) is 0.651. The SMILES string of the molecule is Cc1ccc2c(c1)C(N)CS2=O. The smallest absolute Gasteiger partial charge is 0.0552 e. The first-order valence-electron chi connectivity index (χ1n) is 3.93. The lowest BCUT2D eigenvalue weighted by Crippen LogP contribution is -2.09. The fourth-order valence-corrected chi connectivity index (χ4v) is 2.89. The van der Waals surface area contributed by atoms with Gasteiger partial charge in [0.2, 0.25) is 0 Å². The lowest BCUT2D eigenvalue weighted by molar-refractivity contribution is 0.683. The van der Waals surface area contributed by atoms with Crippen molar-refractivity contribution in [2.45, 2.75) is 17.9 Å². The lowest BCUT2D eigenvalue weighted by Gasteiger charge is -2.02. The maximum absolute atomic E-state index is 11.4. The highest BCUT2D eigenvalue weighted by Crippen LogP contribution is 2.29. The average Bonchev–Trinajstić information content (AvgIpc) is 2.28. The highest BCUT2D eigenvalue weighted by Gasteiger charge is 2.24. The number of hydrogen-bond donors (Lipinski definition) is 1. The van der Waals surface area contributed by atoms with Crippen LogP contribution in [0.25, 0.3) is 0 Å². The van der Waals surface area contributed by atoms with E-state index in [4.69, 9.17) is 5.73 Å². The molecule has 3 heteroatoms. The summed E-state index contributed by atoms with van der Waals surface area (Å²) in [6, 6.07) is 5.91. The van der Waals surface area contributed by atoms with E-state index in [2.05, 4.69) is 0 Å². The summed E-state index contributed by atoms with van der Waals surface area (Å²) in [5, 5.41) is 0. The first-order chi connectivity index (χ1) is 5.68. The van der Waals surface area contributed by atoms with E-state index in [1.165, 1.54) is 5.56 Å². The van der Waals surface area contributed by atoms with Crippen LogP contribution in [-0.4, -0.2) is 9.96 Å². The third-order valence-electron chi connectivity index (χ3n) is 2.14. The second-order valence-electron chi connectivity index (χ2n) is 3.16. The van der Waals surface area contributed by atoms with Gasteiger partial charge in [-0.3, -0.25) is 4.21 Å². The topological polar surface area (TPSA) is 43.1 Å².